The van der Waals surface area contributed by atoms with Gasteiger partial charge in [0.25, 0.3) is 0 Å². The number of hydrogen-bond donors (Lipinski definition) is 0. The maximum atomic E-state index is 14.2. The molecule has 0 heterocycles. The molecule has 0 saturated carbocycles. The van der Waals surface area contributed by atoms with E-state index in [1.165, 1.54) is 14.2 Å². The number of methoxy groups -OCH3 is 2. The predicted molar refractivity (Wildman–Crippen MR) is 108 cm³/mol. The van der Waals surface area contributed by atoms with E-state index < -0.39 is 12.7 Å². The summed E-state index contributed by atoms with van der Waals surface area (Å²) in [6, 6.07) is 23.4. The average molecular weight is 380 g/mol. The van der Waals surface area contributed by atoms with Gasteiger partial charge < -0.3 is 14.0 Å². The standard InChI is InChI=1S/C22H21O4P/c1-25-19-14-9-15-20(26-2)21(19)22(23)27(24,18-12-7-4-8-13-18)16-17-10-5-3-6-11-17/h3-15H,16H2,1-2H3. The quantitative estimate of drug-likeness (QED) is 0.556. The molecule has 0 aliphatic carbocycles. The van der Waals surface area contributed by atoms with Crippen LogP contribution in [0.5, 0.6) is 11.5 Å². The summed E-state index contributed by atoms with van der Waals surface area (Å²) in [5.41, 5.74) is 0.587. The van der Waals surface area contributed by atoms with Crippen LogP contribution in [0.4, 0.5) is 0 Å². The lowest BCUT2D eigenvalue weighted by atomic mass is 10.2. The molecule has 0 spiro atoms. The average Bonchev–Trinajstić information content (AvgIpc) is 2.73. The van der Waals surface area contributed by atoms with Crippen molar-refractivity contribution in [2.45, 2.75) is 6.16 Å². The highest BCUT2D eigenvalue weighted by Crippen LogP contribution is 2.53. The maximum Gasteiger partial charge on any atom is 0.233 e. The third kappa shape index (κ3) is 3.81. The van der Waals surface area contributed by atoms with Crippen LogP contribution in [-0.2, 0) is 10.7 Å². The van der Waals surface area contributed by atoms with Gasteiger partial charge in [-0.2, -0.15) is 0 Å². The minimum atomic E-state index is -3.49. The van der Waals surface area contributed by atoms with Gasteiger partial charge in [-0.15, -0.1) is 0 Å². The Morgan fingerprint density at radius 2 is 1.30 bits per heavy atom. The molecule has 3 aromatic carbocycles. The number of rotatable bonds is 7. The summed E-state index contributed by atoms with van der Waals surface area (Å²) in [6.45, 7) is 0. The van der Waals surface area contributed by atoms with Crippen molar-refractivity contribution in [2.75, 3.05) is 14.2 Å². The zero-order valence-corrected chi connectivity index (χ0v) is 16.2. The Balaban J connectivity index is 2.17. The van der Waals surface area contributed by atoms with Crippen molar-refractivity contribution in [3.63, 3.8) is 0 Å². The molecule has 3 rings (SSSR count). The van der Waals surface area contributed by atoms with Gasteiger partial charge in [0.1, 0.15) is 17.1 Å². The minimum Gasteiger partial charge on any atom is -0.496 e. The molecule has 1 unspecified atom stereocenters. The summed E-state index contributed by atoms with van der Waals surface area (Å²) in [5, 5.41) is 0.520. The highest BCUT2D eigenvalue weighted by atomic mass is 31.2. The normalized spacial score (nSPS) is 12.8. The number of carbonyl (C=O) groups is 1. The van der Waals surface area contributed by atoms with Crippen molar-refractivity contribution in [2.24, 2.45) is 0 Å². The van der Waals surface area contributed by atoms with Gasteiger partial charge in [0.2, 0.25) is 5.52 Å². The molecular weight excluding hydrogens is 359 g/mol. The predicted octanol–water partition coefficient (Wildman–Crippen LogP) is 4.73. The van der Waals surface area contributed by atoms with Crippen molar-refractivity contribution in [1.82, 2.24) is 0 Å². The van der Waals surface area contributed by atoms with Crippen LogP contribution in [-0.4, -0.2) is 19.7 Å². The minimum absolute atomic E-state index is 0.137. The number of carbonyl (C=O) groups excluding carboxylic acids is 1. The Hall–Kier alpha value is -2.84. The number of ether oxygens (including phenoxy) is 2. The van der Waals surface area contributed by atoms with Crippen LogP contribution < -0.4 is 14.8 Å². The van der Waals surface area contributed by atoms with Gasteiger partial charge in [0.05, 0.1) is 14.2 Å². The number of benzene rings is 3. The van der Waals surface area contributed by atoms with Gasteiger partial charge in [-0.25, -0.2) is 0 Å². The first-order valence-electron chi connectivity index (χ1n) is 8.54. The SMILES string of the molecule is COc1cccc(OC)c1C(=O)P(=O)(Cc1ccccc1)c1ccccc1. The van der Waals surface area contributed by atoms with E-state index in [0.717, 1.165) is 5.56 Å². The van der Waals surface area contributed by atoms with E-state index in [0.29, 0.717) is 16.8 Å². The smallest absolute Gasteiger partial charge is 0.233 e. The van der Waals surface area contributed by atoms with E-state index >= 15 is 0 Å². The summed E-state index contributed by atoms with van der Waals surface area (Å²) in [6.07, 6.45) is 0.137. The van der Waals surface area contributed by atoms with Crippen LogP contribution in [0.25, 0.3) is 0 Å². The van der Waals surface area contributed by atoms with Crippen LogP contribution in [0.3, 0.4) is 0 Å². The zero-order valence-electron chi connectivity index (χ0n) is 15.3. The summed E-state index contributed by atoms with van der Waals surface area (Å²) in [4.78, 5) is 13.6. The first-order valence-corrected chi connectivity index (χ1v) is 10.4. The van der Waals surface area contributed by atoms with E-state index in [1.54, 1.807) is 42.5 Å². The third-order valence-corrected chi connectivity index (χ3v) is 7.21. The van der Waals surface area contributed by atoms with Gasteiger partial charge in [-0.3, -0.25) is 4.79 Å². The molecule has 0 aliphatic rings. The molecule has 0 radical (unpaired) electrons. The van der Waals surface area contributed by atoms with E-state index in [9.17, 15) is 9.36 Å². The Morgan fingerprint density at radius 3 is 1.81 bits per heavy atom. The zero-order chi connectivity index (χ0) is 19.3. The number of hydrogen-bond acceptors (Lipinski definition) is 4. The highest BCUT2D eigenvalue weighted by molar-refractivity contribution is 7.86. The Kier molecular flexibility index (Phi) is 5.78. The van der Waals surface area contributed by atoms with Gasteiger partial charge in [-0.1, -0.05) is 66.7 Å². The van der Waals surface area contributed by atoms with Crippen LogP contribution in [0, 0.1) is 0 Å². The van der Waals surface area contributed by atoms with Crippen molar-refractivity contribution in [3.8, 4) is 11.5 Å². The molecule has 0 amide bonds. The molecule has 0 N–H and O–H groups in total. The molecule has 27 heavy (non-hydrogen) atoms. The Morgan fingerprint density at radius 1 is 0.778 bits per heavy atom. The third-order valence-electron chi connectivity index (χ3n) is 4.39. The van der Waals surface area contributed by atoms with Crippen LogP contribution in [0.15, 0.2) is 78.9 Å². The molecular formula is C22H21O4P. The second kappa shape index (κ2) is 8.24. The summed E-state index contributed by atoms with van der Waals surface area (Å²) in [5.74, 6) is 0.701. The topological polar surface area (TPSA) is 52.6 Å². The van der Waals surface area contributed by atoms with Gasteiger partial charge in [-0.05, 0) is 17.7 Å². The lowest BCUT2D eigenvalue weighted by Gasteiger charge is -2.20. The van der Waals surface area contributed by atoms with Crippen LogP contribution in [0.1, 0.15) is 15.9 Å². The van der Waals surface area contributed by atoms with Gasteiger partial charge in [0, 0.05) is 11.5 Å². The van der Waals surface area contributed by atoms with E-state index in [-0.39, 0.29) is 11.7 Å². The fourth-order valence-corrected chi connectivity index (χ4v) is 5.55. The fourth-order valence-electron chi connectivity index (χ4n) is 3.03. The van der Waals surface area contributed by atoms with Crippen molar-refractivity contribution in [3.05, 3.63) is 90.0 Å². The second-order valence-electron chi connectivity index (χ2n) is 6.06. The molecule has 0 saturated heterocycles. The molecule has 0 bridgehead atoms. The van der Waals surface area contributed by atoms with Crippen molar-refractivity contribution in [1.29, 1.82) is 0 Å². The molecule has 5 heteroatoms. The van der Waals surface area contributed by atoms with E-state index in [4.69, 9.17) is 9.47 Å². The largest absolute Gasteiger partial charge is 0.496 e. The van der Waals surface area contributed by atoms with Crippen molar-refractivity contribution >= 4 is 18.0 Å². The molecule has 0 aromatic heterocycles. The molecule has 3 aromatic rings. The first-order chi connectivity index (χ1) is 13.1. The first kappa shape index (κ1) is 18.9. The summed E-state index contributed by atoms with van der Waals surface area (Å²) in [7, 11) is -0.521. The Labute approximate surface area is 159 Å². The van der Waals surface area contributed by atoms with Gasteiger partial charge in [0.15, 0.2) is 7.14 Å². The van der Waals surface area contributed by atoms with Crippen LogP contribution in [0.2, 0.25) is 0 Å². The maximum absolute atomic E-state index is 14.2. The monoisotopic (exact) mass is 380 g/mol. The second-order valence-corrected chi connectivity index (χ2v) is 8.78. The van der Waals surface area contributed by atoms with Crippen LogP contribution >= 0.6 is 7.14 Å². The Bertz CT molecular complexity index is 946. The molecule has 1 atom stereocenters. The molecule has 0 fully saturated rings. The molecule has 4 nitrogen and oxygen atoms in total. The summed E-state index contributed by atoms with van der Waals surface area (Å²) < 4.78 is 24.9. The van der Waals surface area contributed by atoms with E-state index in [2.05, 4.69) is 0 Å². The lowest BCUT2D eigenvalue weighted by Crippen LogP contribution is -2.16. The fraction of sp³-hybridized carbons (Fsp3) is 0.136. The van der Waals surface area contributed by atoms with Crippen molar-refractivity contribution < 1.29 is 18.8 Å². The molecule has 0 aliphatic heterocycles. The summed E-state index contributed by atoms with van der Waals surface area (Å²) >= 11 is 0. The lowest BCUT2D eigenvalue weighted by molar-refractivity contribution is 0.107. The van der Waals surface area contributed by atoms with Gasteiger partial charge >= 0.3 is 0 Å². The van der Waals surface area contributed by atoms with E-state index in [1.807, 2.05) is 36.4 Å². The highest BCUT2D eigenvalue weighted by Gasteiger charge is 2.38. The molecule has 138 valence electrons.